The van der Waals surface area contributed by atoms with Gasteiger partial charge in [0.25, 0.3) is 0 Å². The highest BCUT2D eigenvalue weighted by atomic mass is 32.2. The van der Waals surface area contributed by atoms with Crippen LogP contribution in [-0.4, -0.2) is 35.5 Å². The van der Waals surface area contributed by atoms with E-state index in [0.717, 1.165) is 5.25 Å². The van der Waals surface area contributed by atoms with Gasteiger partial charge in [0.05, 0.1) is 6.04 Å². The third kappa shape index (κ3) is 4.34. The smallest absolute Gasteiger partial charge is 0.237 e. The topological polar surface area (TPSA) is 41.1 Å². The Bertz CT molecular complexity index is 233. The van der Waals surface area contributed by atoms with Crippen molar-refractivity contribution in [2.75, 3.05) is 6.26 Å². The summed E-state index contributed by atoms with van der Waals surface area (Å²) in [5, 5.41) is 7.13. The molecule has 3 unspecified atom stereocenters. The number of rotatable bonds is 5. The van der Waals surface area contributed by atoms with Crippen molar-refractivity contribution in [3.05, 3.63) is 0 Å². The SMILES string of the molecule is CSC1CCC(NC(C)C(=O)NC(C)C)C1. The second-order valence-corrected chi connectivity index (χ2v) is 6.06. The van der Waals surface area contributed by atoms with E-state index in [4.69, 9.17) is 0 Å². The predicted octanol–water partition coefficient (Wildman–Crippen LogP) is 1.77. The highest BCUT2D eigenvalue weighted by Gasteiger charge is 2.26. The summed E-state index contributed by atoms with van der Waals surface area (Å²) in [6.45, 7) is 5.93. The molecule has 0 heterocycles. The number of nitrogens with one attached hydrogen (secondary N) is 2. The van der Waals surface area contributed by atoms with Crippen molar-refractivity contribution in [1.82, 2.24) is 10.6 Å². The first-order chi connectivity index (χ1) is 7.52. The summed E-state index contributed by atoms with van der Waals surface area (Å²) in [5.74, 6) is 0.114. The molecular formula is C12H24N2OS. The van der Waals surface area contributed by atoms with Gasteiger partial charge in [-0.3, -0.25) is 4.79 Å². The van der Waals surface area contributed by atoms with Gasteiger partial charge in [0, 0.05) is 17.3 Å². The fraction of sp³-hybridized carbons (Fsp3) is 0.917. The first-order valence-electron chi connectivity index (χ1n) is 6.12. The lowest BCUT2D eigenvalue weighted by Crippen LogP contribution is -2.47. The molecule has 2 N–H and O–H groups in total. The van der Waals surface area contributed by atoms with Crippen LogP contribution in [0.3, 0.4) is 0 Å². The first kappa shape index (κ1) is 13.8. The second-order valence-electron chi connectivity index (χ2n) is 4.92. The molecule has 0 aromatic heterocycles. The molecule has 0 saturated heterocycles. The Kier molecular flexibility index (Phi) is 5.62. The zero-order chi connectivity index (χ0) is 12.1. The summed E-state index contributed by atoms with van der Waals surface area (Å²) < 4.78 is 0. The van der Waals surface area contributed by atoms with E-state index < -0.39 is 0 Å². The molecule has 1 saturated carbocycles. The van der Waals surface area contributed by atoms with Gasteiger partial charge in [-0.15, -0.1) is 0 Å². The number of amides is 1. The van der Waals surface area contributed by atoms with Crippen LogP contribution in [-0.2, 0) is 4.79 Å². The first-order valence-corrected chi connectivity index (χ1v) is 7.41. The molecule has 0 radical (unpaired) electrons. The van der Waals surface area contributed by atoms with Crippen LogP contribution in [0.4, 0.5) is 0 Å². The average Bonchev–Trinajstić information content (AvgIpc) is 2.64. The molecular weight excluding hydrogens is 220 g/mol. The van der Waals surface area contributed by atoms with Crippen LogP contribution in [0.15, 0.2) is 0 Å². The molecule has 1 fully saturated rings. The molecule has 1 aliphatic rings. The summed E-state index contributed by atoms with van der Waals surface area (Å²) in [6, 6.07) is 0.664. The summed E-state index contributed by atoms with van der Waals surface area (Å²) in [5.41, 5.74) is 0. The van der Waals surface area contributed by atoms with Gasteiger partial charge in [-0.1, -0.05) is 0 Å². The van der Waals surface area contributed by atoms with Crippen molar-refractivity contribution in [2.45, 2.75) is 63.4 Å². The predicted molar refractivity (Wildman–Crippen MR) is 70.8 cm³/mol. The van der Waals surface area contributed by atoms with Crippen LogP contribution in [0.5, 0.6) is 0 Å². The Morgan fingerprint density at radius 2 is 2.00 bits per heavy atom. The number of hydrogen-bond donors (Lipinski definition) is 2. The van der Waals surface area contributed by atoms with Crippen LogP contribution in [0.2, 0.25) is 0 Å². The van der Waals surface area contributed by atoms with E-state index in [-0.39, 0.29) is 18.0 Å². The average molecular weight is 244 g/mol. The molecule has 1 rings (SSSR count). The molecule has 0 bridgehead atoms. The quantitative estimate of drug-likeness (QED) is 0.774. The van der Waals surface area contributed by atoms with E-state index >= 15 is 0 Å². The molecule has 3 nitrogen and oxygen atoms in total. The Morgan fingerprint density at radius 3 is 2.50 bits per heavy atom. The highest BCUT2D eigenvalue weighted by molar-refractivity contribution is 7.99. The van der Waals surface area contributed by atoms with E-state index in [1.165, 1.54) is 19.3 Å². The van der Waals surface area contributed by atoms with Gasteiger partial charge in [0.15, 0.2) is 0 Å². The summed E-state index contributed by atoms with van der Waals surface area (Å²) >= 11 is 1.94. The zero-order valence-electron chi connectivity index (χ0n) is 10.7. The van der Waals surface area contributed by atoms with E-state index in [1.54, 1.807) is 0 Å². The molecule has 0 aromatic rings. The summed E-state index contributed by atoms with van der Waals surface area (Å²) in [6.07, 6.45) is 5.84. The minimum absolute atomic E-state index is 0.0759. The van der Waals surface area contributed by atoms with E-state index in [0.29, 0.717) is 6.04 Å². The molecule has 16 heavy (non-hydrogen) atoms. The van der Waals surface area contributed by atoms with Crippen LogP contribution >= 0.6 is 11.8 Å². The van der Waals surface area contributed by atoms with E-state index in [1.807, 2.05) is 32.5 Å². The summed E-state index contributed by atoms with van der Waals surface area (Å²) in [7, 11) is 0. The molecule has 0 aromatic carbocycles. The van der Waals surface area contributed by atoms with E-state index in [2.05, 4.69) is 16.9 Å². The van der Waals surface area contributed by atoms with Gasteiger partial charge in [-0.05, 0) is 46.3 Å². The second kappa shape index (κ2) is 6.50. The fourth-order valence-corrected chi connectivity index (χ4v) is 2.94. The Labute approximate surface area is 103 Å². The van der Waals surface area contributed by atoms with Gasteiger partial charge in [0.2, 0.25) is 5.91 Å². The third-order valence-electron chi connectivity index (χ3n) is 3.03. The third-order valence-corrected chi connectivity index (χ3v) is 4.12. The minimum atomic E-state index is -0.0759. The van der Waals surface area contributed by atoms with Gasteiger partial charge in [-0.25, -0.2) is 0 Å². The van der Waals surface area contributed by atoms with Crippen molar-refractivity contribution < 1.29 is 4.79 Å². The molecule has 94 valence electrons. The minimum Gasteiger partial charge on any atom is -0.353 e. The molecule has 4 heteroatoms. The molecule has 0 spiro atoms. The number of hydrogen-bond acceptors (Lipinski definition) is 3. The van der Waals surface area contributed by atoms with Gasteiger partial charge in [0.1, 0.15) is 0 Å². The normalized spacial score (nSPS) is 27.1. The lowest BCUT2D eigenvalue weighted by molar-refractivity contribution is -0.123. The largest absolute Gasteiger partial charge is 0.353 e. The Morgan fingerprint density at radius 1 is 1.31 bits per heavy atom. The lowest BCUT2D eigenvalue weighted by Gasteiger charge is -2.20. The monoisotopic (exact) mass is 244 g/mol. The van der Waals surface area contributed by atoms with Gasteiger partial charge >= 0.3 is 0 Å². The standard InChI is InChI=1S/C12H24N2OS/c1-8(2)13-12(15)9(3)14-10-5-6-11(7-10)16-4/h8-11,14H,5-7H2,1-4H3,(H,13,15). The van der Waals surface area contributed by atoms with Crippen LogP contribution < -0.4 is 10.6 Å². The van der Waals surface area contributed by atoms with Crippen LogP contribution in [0.25, 0.3) is 0 Å². The number of carbonyl (C=O) groups is 1. The van der Waals surface area contributed by atoms with Gasteiger partial charge in [-0.2, -0.15) is 11.8 Å². The van der Waals surface area contributed by atoms with Crippen LogP contribution in [0.1, 0.15) is 40.0 Å². The summed E-state index contributed by atoms with van der Waals surface area (Å²) in [4.78, 5) is 11.7. The van der Waals surface area contributed by atoms with Crippen molar-refractivity contribution in [3.8, 4) is 0 Å². The zero-order valence-corrected chi connectivity index (χ0v) is 11.6. The van der Waals surface area contributed by atoms with Gasteiger partial charge < -0.3 is 10.6 Å². The molecule has 1 aliphatic carbocycles. The number of carbonyl (C=O) groups excluding carboxylic acids is 1. The lowest BCUT2D eigenvalue weighted by atomic mass is 10.2. The van der Waals surface area contributed by atoms with E-state index in [9.17, 15) is 4.79 Å². The fourth-order valence-electron chi connectivity index (χ4n) is 2.14. The van der Waals surface area contributed by atoms with Crippen molar-refractivity contribution in [1.29, 1.82) is 0 Å². The molecule has 1 amide bonds. The Hall–Kier alpha value is -0.220. The molecule has 0 aliphatic heterocycles. The van der Waals surface area contributed by atoms with Crippen LogP contribution in [0, 0.1) is 0 Å². The van der Waals surface area contributed by atoms with Crippen molar-refractivity contribution in [3.63, 3.8) is 0 Å². The Balaban J connectivity index is 2.29. The maximum absolute atomic E-state index is 11.7. The molecule has 3 atom stereocenters. The maximum Gasteiger partial charge on any atom is 0.237 e. The van der Waals surface area contributed by atoms with Crippen molar-refractivity contribution in [2.24, 2.45) is 0 Å². The maximum atomic E-state index is 11.7. The van der Waals surface area contributed by atoms with Crippen molar-refractivity contribution >= 4 is 17.7 Å². The number of thioether (sulfide) groups is 1. The highest BCUT2D eigenvalue weighted by Crippen LogP contribution is 2.28.